The van der Waals surface area contributed by atoms with E-state index in [2.05, 4.69) is 24.2 Å². The van der Waals surface area contributed by atoms with Gasteiger partial charge in [0.1, 0.15) is 0 Å². The normalized spacial score (nSPS) is 33.2. The van der Waals surface area contributed by atoms with Crippen molar-refractivity contribution < 1.29 is 4.74 Å². The minimum absolute atomic E-state index is 0.339. The topological polar surface area (TPSA) is 24.5 Å². The fourth-order valence-electron chi connectivity index (χ4n) is 3.06. The van der Waals surface area contributed by atoms with Gasteiger partial charge in [0.2, 0.25) is 0 Å². The summed E-state index contributed by atoms with van der Waals surface area (Å²) in [7, 11) is 2.28. The van der Waals surface area contributed by atoms with E-state index in [9.17, 15) is 0 Å². The van der Waals surface area contributed by atoms with Crippen LogP contribution in [0.1, 0.15) is 39.0 Å². The van der Waals surface area contributed by atoms with Gasteiger partial charge in [-0.05, 0) is 46.2 Å². The van der Waals surface area contributed by atoms with Crippen LogP contribution >= 0.6 is 0 Å². The third-order valence-corrected chi connectivity index (χ3v) is 4.12. The van der Waals surface area contributed by atoms with Gasteiger partial charge < -0.3 is 15.0 Å². The van der Waals surface area contributed by atoms with E-state index in [1.165, 1.54) is 45.2 Å². The molecule has 2 aliphatic rings. The first-order chi connectivity index (χ1) is 7.70. The average Bonchev–Trinajstić information content (AvgIpc) is 2.30. The number of piperidine rings is 1. The Morgan fingerprint density at radius 3 is 2.69 bits per heavy atom. The molecule has 0 saturated carbocycles. The highest BCUT2D eigenvalue weighted by molar-refractivity contribution is 4.90. The molecule has 3 heteroatoms. The molecule has 1 atom stereocenters. The van der Waals surface area contributed by atoms with Crippen LogP contribution in [-0.2, 0) is 4.74 Å². The summed E-state index contributed by atoms with van der Waals surface area (Å²) in [5.41, 5.74) is 0.339. The molecule has 2 heterocycles. The van der Waals surface area contributed by atoms with Crippen LogP contribution in [0.5, 0.6) is 0 Å². The molecule has 2 aliphatic heterocycles. The number of likely N-dealkylation sites (N-methyl/N-ethyl adjacent to an activating group) is 1. The lowest BCUT2D eigenvalue weighted by molar-refractivity contribution is 0.0320. The maximum atomic E-state index is 5.42. The molecule has 0 spiro atoms. The van der Waals surface area contributed by atoms with Gasteiger partial charge in [-0.3, -0.25) is 0 Å². The summed E-state index contributed by atoms with van der Waals surface area (Å²) in [5, 5.41) is 3.69. The monoisotopic (exact) mass is 226 g/mol. The predicted molar refractivity (Wildman–Crippen MR) is 66.7 cm³/mol. The number of ether oxygens (including phenoxy) is 1. The van der Waals surface area contributed by atoms with Crippen molar-refractivity contribution in [3.63, 3.8) is 0 Å². The third-order valence-electron chi connectivity index (χ3n) is 4.12. The minimum Gasteiger partial charge on any atom is -0.381 e. The lowest BCUT2D eigenvalue weighted by atomic mass is 9.89. The molecule has 3 nitrogen and oxygen atoms in total. The molecule has 2 saturated heterocycles. The van der Waals surface area contributed by atoms with Gasteiger partial charge in [-0.1, -0.05) is 6.42 Å². The van der Waals surface area contributed by atoms with Gasteiger partial charge >= 0.3 is 0 Å². The van der Waals surface area contributed by atoms with E-state index in [0.29, 0.717) is 5.54 Å². The first kappa shape index (κ1) is 12.3. The van der Waals surface area contributed by atoms with Crippen molar-refractivity contribution in [3.05, 3.63) is 0 Å². The lowest BCUT2D eigenvalue weighted by Crippen LogP contribution is -2.55. The zero-order valence-corrected chi connectivity index (χ0v) is 10.8. The first-order valence-electron chi connectivity index (χ1n) is 6.73. The van der Waals surface area contributed by atoms with Gasteiger partial charge in [0, 0.05) is 31.3 Å². The van der Waals surface area contributed by atoms with Crippen molar-refractivity contribution in [2.24, 2.45) is 0 Å². The molecule has 2 rings (SSSR count). The Bertz CT molecular complexity index is 208. The van der Waals surface area contributed by atoms with Crippen molar-refractivity contribution in [2.45, 2.75) is 50.6 Å². The van der Waals surface area contributed by atoms with Crippen molar-refractivity contribution >= 4 is 0 Å². The smallest absolute Gasteiger partial charge is 0.0480 e. The van der Waals surface area contributed by atoms with Gasteiger partial charge in [0.15, 0.2) is 0 Å². The molecule has 16 heavy (non-hydrogen) atoms. The summed E-state index contributed by atoms with van der Waals surface area (Å²) in [6, 6.07) is 0.731. The van der Waals surface area contributed by atoms with E-state index in [0.717, 1.165) is 19.3 Å². The summed E-state index contributed by atoms with van der Waals surface area (Å²) < 4.78 is 5.42. The molecule has 0 aromatic heterocycles. The Hall–Kier alpha value is -0.120. The van der Waals surface area contributed by atoms with Crippen molar-refractivity contribution in [1.82, 2.24) is 10.2 Å². The highest BCUT2D eigenvalue weighted by Gasteiger charge is 2.30. The molecule has 0 amide bonds. The quantitative estimate of drug-likeness (QED) is 0.791. The second-order valence-electron chi connectivity index (χ2n) is 5.70. The first-order valence-corrected chi connectivity index (χ1v) is 6.73. The predicted octanol–water partition coefficient (Wildman–Crippen LogP) is 1.63. The van der Waals surface area contributed by atoms with Gasteiger partial charge in [0.25, 0.3) is 0 Å². The number of hydrogen-bond donors (Lipinski definition) is 1. The standard InChI is InChI=1S/C13H26N2O/c1-13(7-3-4-8-14-13)11-15(2)12-5-9-16-10-6-12/h12,14H,3-11H2,1-2H3. The Balaban J connectivity index is 1.82. The summed E-state index contributed by atoms with van der Waals surface area (Å²) in [5.74, 6) is 0. The maximum absolute atomic E-state index is 5.42. The number of rotatable bonds is 3. The molecule has 0 radical (unpaired) electrons. The van der Waals surface area contributed by atoms with E-state index >= 15 is 0 Å². The number of nitrogens with zero attached hydrogens (tertiary/aromatic N) is 1. The van der Waals surface area contributed by atoms with Crippen LogP contribution in [0.15, 0.2) is 0 Å². The summed E-state index contributed by atoms with van der Waals surface area (Å²) in [6.45, 7) is 6.63. The number of nitrogens with one attached hydrogen (secondary N) is 1. The molecule has 0 aromatic rings. The Morgan fingerprint density at radius 1 is 1.31 bits per heavy atom. The van der Waals surface area contributed by atoms with Crippen molar-refractivity contribution in [2.75, 3.05) is 33.4 Å². The average molecular weight is 226 g/mol. The fourth-order valence-corrected chi connectivity index (χ4v) is 3.06. The van der Waals surface area contributed by atoms with Crippen molar-refractivity contribution in [1.29, 1.82) is 0 Å². The van der Waals surface area contributed by atoms with Crippen LogP contribution in [0, 0.1) is 0 Å². The van der Waals surface area contributed by atoms with E-state index in [1.54, 1.807) is 0 Å². The van der Waals surface area contributed by atoms with Crippen LogP contribution in [0.3, 0.4) is 0 Å². The van der Waals surface area contributed by atoms with E-state index < -0.39 is 0 Å². The van der Waals surface area contributed by atoms with Crippen molar-refractivity contribution in [3.8, 4) is 0 Å². The second kappa shape index (κ2) is 5.48. The van der Waals surface area contributed by atoms with E-state index in [4.69, 9.17) is 4.74 Å². The molecule has 0 aliphatic carbocycles. The fraction of sp³-hybridized carbons (Fsp3) is 1.00. The molecule has 0 aromatic carbocycles. The van der Waals surface area contributed by atoms with Crippen LogP contribution < -0.4 is 5.32 Å². The van der Waals surface area contributed by atoms with Gasteiger partial charge in [-0.2, -0.15) is 0 Å². The Morgan fingerprint density at radius 2 is 2.06 bits per heavy atom. The van der Waals surface area contributed by atoms with E-state index in [-0.39, 0.29) is 0 Å². The molecule has 2 fully saturated rings. The zero-order valence-electron chi connectivity index (χ0n) is 10.8. The van der Waals surface area contributed by atoms with E-state index in [1.807, 2.05) is 0 Å². The molecular weight excluding hydrogens is 200 g/mol. The molecule has 0 bridgehead atoms. The van der Waals surface area contributed by atoms with Crippen LogP contribution in [0.4, 0.5) is 0 Å². The summed E-state index contributed by atoms with van der Waals surface area (Å²) in [4.78, 5) is 2.54. The lowest BCUT2D eigenvalue weighted by Gasteiger charge is -2.41. The largest absolute Gasteiger partial charge is 0.381 e. The van der Waals surface area contributed by atoms with Gasteiger partial charge in [0.05, 0.1) is 0 Å². The second-order valence-corrected chi connectivity index (χ2v) is 5.70. The van der Waals surface area contributed by atoms with Gasteiger partial charge in [-0.15, -0.1) is 0 Å². The summed E-state index contributed by atoms with van der Waals surface area (Å²) >= 11 is 0. The van der Waals surface area contributed by atoms with Gasteiger partial charge in [-0.25, -0.2) is 0 Å². The molecular formula is C13H26N2O. The van der Waals surface area contributed by atoms with Crippen LogP contribution in [0.25, 0.3) is 0 Å². The van der Waals surface area contributed by atoms with Crippen LogP contribution in [-0.4, -0.2) is 49.8 Å². The summed E-state index contributed by atoms with van der Waals surface area (Å²) in [6.07, 6.45) is 6.45. The molecule has 1 N–H and O–H groups in total. The molecule has 1 unspecified atom stereocenters. The zero-order chi connectivity index (χ0) is 11.4. The van der Waals surface area contributed by atoms with Crippen LogP contribution in [0.2, 0.25) is 0 Å². The minimum atomic E-state index is 0.339. The third kappa shape index (κ3) is 3.19. The number of hydrogen-bond acceptors (Lipinski definition) is 3. The Kier molecular flexibility index (Phi) is 4.22. The maximum Gasteiger partial charge on any atom is 0.0480 e. The Labute approximate surface area is 99.5 Å². The SMILES string of the molecule is CN(CC1(C)CCCCN1)C1CCOCC1. The highest BCUT2D eigenvalue weighted by atomic mass is 16.5. The highest BCUT2D eigenvalue weighted by Crippen LogP contribution is 2.22. The molecule has 94 valence electrons.